The van der Waals surface area contributed by atoms with Crippen LogP contribution < -0.4 is 4.90 Å². The summed E-state index contributed by atoms with van der Waals surface area (Å²) >= 11 is 0. The molecule has 0 radical (unpaired) electrons. The number of likely N-dealkylation sites (tertiary alicyclic amines) is 1. The molecule has 0 bridgehead atoms. The Balaban J connectivity index is 1.28. The fourth-order valence-electron chi connectivity index (χ4n) is 5.57. The zero-order valence-corrected chi connectivity index (χ0v) is 16.5. The van der Waals surface area contributed by atoms with Gasteiger partial charge in [0.25, 0.3) is 0 Å². The number of rotatable bonds is 3. The Kier molecular flexibility index (Phi) is 4.56. The second kappa shape index (κ2) is 7.08. The SMILES string of the molecule is CN1CC2(CCC(N3CCN(c4ncc(F)cc4-c4ccccn4)CC3)C2)C1. The van der Waals surface area contributed by atoms with Crippen LogP contribution >= 0.6 is 0 Å². The molecule has 6 heteroatoms. The average molecular weight is 381 g/mol. The maximum Gasteiger partial charge on any atom is 0.142 e. The second-order valence-corrected chi connectivity index (χ2v) is 8.83. The van der Waals surface area contributed by atoms with E-state index in [1.807, 2.05) is 18.2 Å². The minimum absolute atomic E-state index is 0.315. The van der Waals surface area contributed by atoms with E-state index in [2.05, 4.69) is 31.7 Å². The van der Waals surface area contributed by atoms with E-state index in [4.69, 9.17) is 0 Å². The predicted octanol–water partition coefficient (Wildman–Crippen LogP) is 2.89. The molecule has 0 N–H and O–H groups in total. The normalized spacial score (nSPS) is 25.2. The lowest BCUT2D eigenvalue weighted by molar-refractivity contribution is 0.0204. The van der Waals surface area contributed by atoms with E-state index in [1.165, 1.54) is 38.5 Å². The van der Waals surface area contributed by atoms with Crippen LogP contribution in [0.3, 0.4) is 0 Å². The number of hydrogen-bond donors (Lipinski definition) is 0. The molecule has 3 aliphatic rings. The van der Waals surface area contributed by atoms with E-state index in [1.54, 1.807) is 12.3 Å². The van der Waals surface area contributed by atoms with E-state index >= 15 is 0 Å². The highest BCUT2D eigenvalue weighted by atomic mass is 19.1. The molecule has 28 heavy (non-hydrogen) atoms. The zero-order chi connectivity index (χ0) is 19.1. The van der Waals surface area contributed by atoms with Crippen LogP contribution in [0.4, 0.5) is 10.2 Å². The van der Waals surface area contributed by atoms with Crippen LogP contribution in [0.5, 0.6) is 0 Å². The molecule has 5 nitrogen and oxygen atoms in total. The van der Waals surface area contributed by atoms with E-state index in [0.717, 1.165) is 49.3 Å². The minimum atomic E-state index is -0.315. The minimum Gasteiger partial charge on any atom is -0.353 e. The van der Waals surface area contributed by atoms with Crippen molar-refractivity contribution in [3.8, 4) is 11.3 Å². The Morgan fingerprint density at radius 2 is 1.93 bits per heavy atom. The molecule has 5 rings (SSSR count). The molecule has 1 aliphatic carbocycles. The molecule has 3 fully saturated rings. The van der Waals surface area contributed by atoms with Crippen molar-refractivity contribution in [3.05, 3.63) is 42.5 Å². The van der Waals surface area contributed by atoms with Gasteiger partial charge in [0.2, 0.25) is 0 Å². The maximum atomic E-state index is 13.9. The predicted molar refractivity (Wildman–Crippen MR) is 109 cm³/mol. The first-order chi connectivity index (χ1) is 13.6. The van der Waals surface area contributed by atoms with E-state index < -0.39 is 0 Å². The number of anilines is 1. The summed E-state index contributed by atoms with van der Waals surface area (Å²) < 4.78 is 13.9. The maximum absolute atomic E-state index is 13.9. The highest BCUT2D eigenvalue weighted by Gasteiger charge is 2.48. The smallest absolute Gasteiger partial charge is 0.142 e. The van der Waals surface area contributed by atoms with Crippen molar-refractivity contribution in [1.82, 2.24) is 19.8 Å². The Morgan fingerprint density at radius 3 is 2.64 bits per heavy atom. The Labute approximate surface area is 166 Å². The van der Waals surface area contributed by atoms with Crippen molar-refractivity contribution in [2.24, 2.45) is 5.41 Å². The van der Waals surface area contributed by atoms with Gasteiger partial charge < -0.3 is 9.80 Å². The molecule has 0 aromatic carbocycles. The molecule has 1 spiro atoms. The Morgan fingerprint density at radius 1 is 1.11 bits per heavy atom. The van der Waals surface area contributed by atoms with Crippen molar-refractivity contribution in [1.29, 1.82) is 0 Å². The van der Waals surface area contributed by atoms with E-state index in [0.29, 0.717) is 5.41 Å². The molecule has 2 aliphatic heterocycles. The fraction of sp³-hybridized carbons (Fsp3) is 0.545. The Hall–Kier alpha value is -2.05. The molecule has 0 amide bonds. The molecule has 2 aromatic rings. The molecule has 1 unspecified atom stereocenters. The zero-order valence-electron chi connectivity index (χ0n) is 16.5. The van der Waals surface area contributed by atoms with Gasteiger partial charge in [-0.2, -0.15) is 0 Å². The van der Waals surface area contributed by atoms with Crippen molar-refractivity contribution >= 4 is 5.82 Å². The summed E-state index contributed by atoms with van der Waals surface area (Å²) in [5, 5.41) is 0. The summed E-state index contributed by atoms with van der Waals surface area (Å²) in [6.07, 6.45) is 7.14. The molecular weight excluding hydrogens is 353 g/mol. The van der Waals surface area contributed by atoms with Crippen LogP contribution in [0.25, 0.3) is 11.3 Å². The molecule has 2 saturated heterocycles. The van der Waals surface area contributed by atoms with Crippen LogP contribution in [0, 0.1) is 11.2 Å². The van der Waals surface area contributed by atoms with Gasteiger partial charge in [-0.1, -0.05) is 6.07 Å². The summed E-state index contributed by atoms with van der Waals surface area (Å²) in [5.41, 5.74) is 2.16. The summed E-state index contributed by atoms with van der Waals surface area (Å²) in [6, 6.07) is 8.02. The third-order valence-corrected chi connectivity index (χ3v) is 6.79. The number of halogens is 1. The van der Waals surface area contributed by atoms with Gasteiger partial charge in [0.15, 0.2) is 0 Å². The third kappa shape index (κ3) is 3.29. The van der Waals surface area contributed by atoms with E-state index in [-0.39, 0.29) is 5.82 Å². The number of hydrogen-bond acceptors (Lipinski definition) is 5. The molecule has 2 aromatic heterocycles. The monoisotopic (exact) mass is 381 g/mol. The van der Waals surface area contributed by atoms with Gasteiger partial charge in [-0.05, 0) is 49.9 Å². The first-order valence-corrected chi connectivity index (χ1v) is 10.4. The van der Waals surface area contributed by atoms with E-state index in [9.17, 15) is 4.39 Å². The van der Waals surface area contributed by atoms with Crippen LogP contribution in [-0.2, 0) is 0 Å². The highest BCUT2D eigenvalue weighted by molar-refractivity contribution is 5.73. The lowest BCUT2D eigenvalue weighted by Gasteiger charge is -2.47. The van der Waals surface area contributed by atoms with Crippen LogP contribution in [0.15, 0.2) is 36.7 Å². The van der Waals surface area contributed by atoms with Crippen LogP contribution in [0.2, 0.25) is 0 Å². The molecule has 1 saturated carbocycles. The topological polar surface area (TPSA) is 35.5 Å². The summed E-state index contributed by atoms with van der Waals surface area (Å²) in [6.45, 7) is 6.52. The molecule has 148 valence electrons. The largest absolute Gasteiger partial charge is 0.353 e. The van der Waals surface area contributed by atoms with Gasteiger partial charge in [-0.15, -0.1) is 0 Å². The summed E-state index contributed by atoms with van der Waals surface area (Å²) in [5.74, 6) is 0.535. The van der Waals surface area contributed by atoms with Gasteiger partial charge >= 0.3 is 0 Å². The van der Waals surface area contributed by atoms with Crippen molar-refractivity contribution < 1.29 is 4.39 Å². The highest BCUT2D eigenvalue weighted by Crippen LogP contribution is 2.46. The first kappa shape index (κ1) is 18.0. The van der Waals surface area contributed by atoms with Crippen molar-refractivity contribution in [2.75, 3.05) is 51.2 Å². The number of aromatic nitrogens is 2. The molecular formula is C22H28FN5. The first-order valence-electron chi connectivity index (χ1n) is 10.4. The summed E-state index contributed by atoms with van der Waals surface area (Å²) in [7, 11) is 2.23. The fourth-order valence-corrected chi connectivity index (χ4v) is 5.57. The van der Waals surface area contributed by atoms with Crippen molar-refractivity contribution in [3.63, 3.8) is 0 Å². The third-order valence-electron chi connectivity index (χ3n) is 6.79. The lowest BCUT2D eigenvalue weighted by Crippen LogP contribution is -2.54. The van der Waals surface area contributed by atoms with Crippen LogP contribution in [0.1, 0.15) is 19.3 Å². The molecule has 1 atom stereocenters. The molecule has 4 heterocycles. The second-order valence-electron chi connectivity index (χ2n) is 8.83. The Bertz CT molecular complexity index is 828. The lowest BCUT2D eigenvalue weighted by atomic mass is 9.78. The van der Waals surface area contributed by atoms with Crippen molar-refractivity contribution in [2.45, 2.75) is 25.3 Å². The number of nitrogens with zero attached hydrogens (tertiary/aromatic N) is 5. The van der Waals surface area contributed by atoms with Gasteiger partial charge in [-0.3, -0.25) is 9.88 Å². The van der Waals surface area contributed by atoms with Crippen LogP contribution in [-0.4, -0.2) is 72.1 Å². The average Bonchev–Trinajstić information content (AvgIpc) is 3.14. The van der Waals surface area contributed by atoms with Gasteiger partial charge in [0.1, 0.15) is 11.6 Å². The number of pyridine rings is 2. The quantitative estimate of drug-likeness (QED) is 0.817. The summed E-state index contributed by atoms with van der Waals surface area (Å²) in [4.78, 5) is 16.3. The van der Waals surface area contributed by atoms with Gasteiger partial charge in [0.05, 0.1) is 11.9 Å². The van der Waals surface area contributed by atoms with Gasteiger partial charge in [0, 0.05) is 57.1 Å². The standard InChI is InChI=1S/C22H28FN5/c1-26-15-22(16-26)6-5-18(13-22)27-8-10-28(11-9-27)21-19(12-17(23)14-25-21)20-4-2-3-7-24-20/h2-4,7,12,14,18H,5-6,8-11,13,15-16H2,1H3. The van der Waals surface area contributed by atoms with Gasteiger partial charge in [-0.25, -0.2) is 9.37 Å². The number of piperazine rings is 1.